The van der Waals surface area contributed by atoms with E-state index in [2.05, 4.69) is 104 Å². The number of aliphatic hydroxyl groups excluding tert-OH is 3. The molecule has 0 bridgehead atoms. The first kappa shape index (κ1) is 97.0. The smallest absolute Gasteiger partial charge is 0.328 e. The van der Waals surface area contributed by atoms with E-state index in [0.717, 1.165) is 122 Å². The van der Waals surface area contributed by atoms with Crippen LogP contribution in [0.15, 0.2) is 45.1 Å². The molecular weight excluding hydrogens is 1100 g/mol. The van der Waals surface area contributed by atoms with Gasteiger partial charge in [-0.1, -0.05) is 25.4 Å². The first-order valence-corrected chi connectivity index (χ1v) is 30.5. The van der Waals surface area contributed by atoms with Gasteiger partial charge in [0.15, 0.2) is 0 Å². The average Bonchev–Trinajstić information content (AvgIpc) is 3.46. The van der Waals surface area contributed by atoms with Gasteiger partial charge in [-0.15, -0.1) is 0 Å². The highest BCUT2D eigenvalue weighted by molar-refractivity contribution is 5.75. The predicted octanol–water partition coefficient (Wildman–Crippen LogP) is 12.8. The first-order valence-electron chi connectivity index (χ1n) is 30.5. The summed E-state index contributed by atoms with van der Waals surface area (Å²) >= 11 is 0. The third kappa shape index (κ3) is 95.1. The number of hydrogen-bond donors (Lipinski definition) is 7. The minimum atomic E-state index is -0.946. The van der Waals surface area contributed by atoms with Gasteiger partial charge in [-0.25, -0.2) is 9.59 Å². The Hall–Kier alpha value is -5.25. The Labute approximate surface area is 522 Å². The van der Waals surface area contributed by atoms with Crippen LogP contribution in [0.3, 0.4) is 0 Å². The van der Waals surface area contributed by atoms with Crippen molar-refractivity contribution in [2.75, 3.05) is 13.2 Å². The van der Waals surface area contributed by atoms with Gasteiger partial charge in [-0.3, -0.25) is 39.9 Å². The van der Waals surface area contributed by atoms with Gasteiger partial charge >= 0.3 is 11.9 Å². The standard InChI is InChI=1S/C9H18N4.C9H18N2O2.C9H19NO.C8H17NO.C8H15NO.C7H13NO3.C7H15NO.C7H13NO/c1-8(11-4)6-5-7-9(2,3)12-13-10;1-9(2,10)6-4-5-7(11-3)8(12)13;1-8(10-4)6-5-7-9(2,3)11;2*1-7(9-3)5-4-6-8(2)10;1-8-6(7(10)11)4-2-3-5-9;2*1-7(8-2)5-3-4-6-9/h8H,4-7H2,1-3H3;7H,3-6,10H2,1-2H3,(H,12,13);8,11H,4-7H2,1-3H3;7-8,10H,3-6H2,1-2H3;7H,3-6H2,1-2H3;6,9H,1-5H2,(H,10,11);7,9H,2-6H2,1H3;6-7H,2-5H2,1H3/t8-;7-;8-;7-,8+;7-;6-;2*7-/m10111011/s1. The fourth-order valence-corrected chi connectivity index (χ4v) is 6.57. The highest BCUT2D eigenvalue weighted by Crippen LogP contribution is 2.19. The fourth-order valence-electron chi connectivity index (χ4n) is 6.57. The van der Waals surface area contributed by atoms with Crippen LogP contribution in [-0.2, 0) is 19.2 Å². The van der Waals surface area contributed by atoms with Gasteiger partial charge < -0.3 is 46.0 Å². The molecular formula is C64H128N12O10. The Bertz CT molecular complexity index is 1750. The quantitative estimate of drug-likeness (QED) is 0.00751. The number of hydrogen-bond acceptors (Lipinski definition) is 18. The Morgan fingerprint density at radius 3 is 1.13 bits per heavy atom. The SMILES string of the molecule is C=N[C@@H](CCCC(C)(C)N)C(=O)O.C=N[C@@H](CCCCO)C(=O)O.C=N[C@H](C)CCCC(C)(C)N=[N+]=[N-].C=N[C@H](C)CCCC(C)(C)O.C=N[C@H](C)CCCC(C)=O.C=N[C@H](C)CCCC=O.C=N[C@H](C)CCCCO.C=N[C@H](C)CCC[C@H](C)O. The molecule has 504 valence electrons. The van der Waals surface area contributed by atoms with Crippen LogP contribution in [-0.4, -0.2) is 193 Å². The summed E-state index contributed by atoms with van der Waals surface area (Å²) in [6.45, 7) is 54.4. The lowest BCUT2D eigenvalue weighted by molar-refractivity contribution is -0.139. The van der Waals surface area contributed by atoms with E-state index < -0.39 is 29.6 Å². The van der Waals surface area contributed by atoms with Crippen molar-refractivity contribution in [3.63, 3.8) is 0 Å². The van der Waals surface area contributed by atoms with E-state index in [0.29, 0.717) is 81.4 Å². The van der Waals surface area contributed by atoms with Crippen LogP contribution < -0.4 is 5.73 Å². The summed E-state index contributed by atoms with van der Waals surface area (Å²) < 4.78 is 0. The van der Waals surface area contributed by atoms with Gasteiger partial charge in [0.05, 0.1) is 11.7 Å². The largest absolute Gasteiger partial charge is 0.480 e. The molecule has 0 saturated carbocycles. The molecule has 0 saturated heterocycles. The normalized spacial score (nSPS) is 13.6. The summed E-state index contributed by atoms with van der Waals surface area (Å²) in [7, 11) is 0. The number of nitrogens with zero attached hydrogens (tertiary/aromatic N) is 11. The third-order valence-electron chi connectivity index (χ3n) is 12.6. The minimum absolute atomic E-state index is 0.101. The summed E-state index contributed by atoms with van der Waals surface area (Å²) in [4.78, 5) is 74.0. The Balaban J connectivity index is -0.000000135. The zero-order chi connectivity index (χ0) is 68.6. The summed E-state index contributed by atoms with van der Waals surface area (Å²) in [5.74, 6) is -1.60. The zero-order valence-corrected chi connectivity index (χ0v) is 56.6. The van der Waals surface area contributed by atoms with Crippen LogP contribution in [0.25, 0.3) is 10.4 Å². The van der Waals surface area contributed by atoms with E-state index in [1.165, 1.54) is 0 Å². The number of aliphatic hydroxyl groups is 4. The second-order valence-corrected chi connectivity index (χ2v) is 23.7. The van der Waals surface area contributed by atoms with Gasteiger partial charge in [-0.2, -0.15) is 0 Å². The molecule has 0 aromatic rings. The van der Waals surface area contributed by atoms with E-state index in [1.807, 2.05) is 90.0 Å². The third-order valence-corrected chi connectivity index (χ3v) is 12.6. The van der Waals surface area contributed by atoms with Crippen LogP contribution in [0.4, 0.5) is 0 Å². The molecule has 22 nitrogen and oxygen atoms in total. The fraction of sp³-hybridized carbons (Fsp3) is 0.812. The lowest BCUT2D eigenvalue weighted by Gasteiger charge is -2.18. The van der Waals surface area contributed by atoms with Crippen molar-refractivity contribution in [2.24, 2.45) is 50.8 Å². The van der Waals surface area contributed by atoms with Gasteiger partial charge in [0.2, 0.25) is 0 Å². The van der Waals surface area contributed by atoms with Gasteiger partial charge in [0.1, 0.15) is 24.2 Å². The van der Waals surface area contributed by atoms with E-state index in [9.17, 15) is 24.3 Å². The molecule has 0 spiro atoms. The van der Waals surface area contributed by atoms with E-state index in [4.69, 9.17) is 36.8 Å². The minimum Gasteiger partial charge on any atom is -0.480 e. The Morgan fingerprint density at radius 2 is 0.826 bits per heavy atom. The Morgan fingerprint density at radius 1 is 0.500 bits per heavy atom. The summed E-state index contributed by atoms with van der Waals surface area (Å²) in [5.41, 5.74) is 13.0. The molecule has 8 N–H and O–H groups in total. The maximum atomic E-state index is 10.5. The van der Waals surface area contributed by atoms with Crippen molar-refractivity contribution in [1.29, 1.82) is 0 Å². The molecule has 86 heavy (non-hydrogen) atoms. The topological polar surface area (TPSA) is 363 Å². The number of unbranched alkanes of at least 4 members (excludes halogenated alkanes) is 3. The number of aliphatic carboxylic acids is 2. The van der Waals surface area contributed by atoms with E-state index in [1.54, 1.807) is 6.92 Å². The molecule has 0 aliphatic carbocycles. The molecule has 0 heterocycles. The molecule has 22 heteroatoms. The number of nitrogens with two attached hydrogens (primary N) is 1. The summed E-state index contributed by atoms with van der Waals surface area (Å²) in [5, 5.41) is 55.9. The number of azide groups is 1. The van der Waals surface area contributed by atoms with Crippen molar-refractivity contribution in [3.8, 4) is 0 Å². The van der Waals surface area contributed by atoms with Crippen LogP contribution in [0.5, 0.6) is 0 Å². The number of Topliss-reactive ketones (excluding diaryl/α,β-unsaturated/α-hetero) is 1. The molecule has 0 unspecified atom stereocenters. The molecule has 0 fully saturated rings. The van der Waals surface area contributed by atoms with Gasteiger partial charge in [0, 0.05) is 78.3 Å². The maximum absolute atomic E-state index is 10.5. The van der Waals surface area contributed by atoms with E-state index >= 15 is 0 Å². The second-order valence-electron chi connectivity index (χ2n) is 23.7. The Kier molecular flexibility index (Phi) is 75.9. The van der Waals surface area contributed by atoms with E-state index in [-0.39, 0.29) is 29.6 Å². The number of ketones is 1. The molecule has 0 radical (unpaired) electrons. The van der Waals surface area contributed by atoms with Crippen molar-refractivity contribution in [1.82, 2.24) is 0 Å². The van der Waals surface area contributed by atoms with Gasteiger partial charge in [-0.05, 0) is 277 Å². The lowest BCUT2D eigenvalue weighted by Crippen LogP contribution is -2.32. The van der Waals surface area contributed by atoms with Crippen LogP contribution >= 0.6 is 0 Å². The lowest BCUT2D eigenvalue weighted by atomic mass is 9.97. The average molecular weight is 1230 g/mol. The summed E-state index contributed by atoms with van der Waals surface area (Å²) in [6.07, 6.45) is 21.5. The van der Waals surface area contributed by atoms with Crippen molar-refractivity contribution >= 4 is 77.7 Å². The van der Waals surface area contributed by atoms with Crippen molar-refractivity contribution in [3.05, 3.63) is 10.4 Å². The second kappa shape index (κ2) is 67.3. The van der Waals surface area contributed by atoms with Crippen molar-refractivity contribution in [2.45, 2.75) is 322 Å². The highest BCUT2D eigenvalue weighted by Gasteiger charge is 2.18. The molecule has 0 aromatic heterocycles. The number of carboxylic acids is 2. The van der Waals surface area contributed by atoms with Gasteiger partial charge in [0.25, 0.3) is 0 Å². The summed E-state index contributed by atoms with van der Waals surface area (Å²) in [6, 6.07) is 0.572. The number of carbonyl (C=O) groups excluding carboxylic acids is 2. The number of carboxylic acid groups (broad SMARTS) is 2. The zero-order valence-electron chi connectivity index (χ0n) is 56.6. The molecule has 0 amide bonds. The molecule has 0 aromatic carbocycles. The number of carbonyl (C=O) groups is 4. The van der Waals surface area contributed by atoms with Crippen LogP contribution in [0.2, 0.25) is 0 Å². The molecule has 0 aliphatic rings. The molecule has 0 aliphatic heterocycles. The number of aliphatic imine (C=N–C) groups is 8. The molecule has 0 rings (SSSR count). The van der Waals surface area contributed by atoms with Crippen LogP contribution in [0, 0.1) is 0 Å². The van der Waals surface area contributed by atoms with Crippen LogP contribution in [0.1, 0.15) is 251 Å². The molecule has 9 atom stereocenters. The maximum Gasteiger partial charge on any atom is 0.328 e. The first-order chi connectivity index (χ1) is 40.0. The van der Waals surface area contributed by atoms with Crippen molar-refractivity contribution < 1.29 is 49.8 Å². The number of rotatable bonds is 43. The highest BCUT2D eigenvalue weighted by atomic mass is 16.4. The monoisotopic (exact) mass is 1220 g/mol. The predicted molar refractivity (Wildman–Crippen MR) is 367 cm³/mol. The number of aldehydes is 1.